The summed E-state index contributed by atoms with van der Waals surface area (Å²) in [5, 5.41) is 40.8. The fourth-order valence-corrected chi connectivity index (χ4v) is 10.9. The zero-order chi connectivity index (χ0) is 84.9. The molecule has 0 heterocycles. The van der Waals surface area contributed by atoms with E-state index in [1.54, 1.807) is 42.8 Å². The number of ether oxygens (including phenoxy) is 10. The Kier molecular flexibility index (Phi) is 62.8. The maximum absolute atomic E-state index is 14.0. The number of nitrogens with zero attached hydrogens (tertiary/aromatic N) is 1. The van der Waals surface area contributed by atoms with Gasteiger partial charge in [-0.3, -0.25) is 81.7 Å². The van der Waals surface area contributed by atoms with Crippen LogP contribution in [-0.2, 0) is 131 Å². The van der Waals surface area contributed by atoms with Gasteiger partial charge in [0.25, 0.3) is 5.91 Å². The fourth-order valence-electron chi connectivity index (χ4n) is 9.02. The van der Waals surface area contributed by atoms with Crippen molar-refractivity contribution in [3.05, 3.63) is 35.9 Å². The van der Waals surface area contributed by atoms with E-state index in [0.29, 0.717) is 71.4 Å². The second kappa shape index (κ2) is 69.4. The predicted molar refractivity (Wildman–Crippen MR) is 417 cm³/mol. The molecule has 45 nitrogen and oxygen atoms in total. The molecule has 1 aromatic carbocycles. The maximum Gasteiger partial charge on any atom is 0.305 e. The first-order chi connectivity index (χ1) is 55.4. The van der Waals surface area contributed by atoms with Gasteiger partial charge in [-0.1, -0.05) is 51.9 Å². The number of rotatable bonds is 73. The zero-order valence-electron chi connectivity index (χ0n) is 64.7. The summed E-state index contributed by atoms with van der Waals surface area (Å²) >= 11 is 1.19. The zero-order valence-corrected chi connectivity index (χ0v) is 67.1. The van der Waals surface area contributed by atoms with Gasteiger partial charge in [0, 0.05) is 45.7 Å². The second-order valence-corrected chi connectivity index (χ2v) is 27.2. The van der Waals surface area contributed by atoms with Gasteiger partial charge in [0.1, 0.15) is 57.2 Å². The Hall–Kier alpha value is -8.89. The molecule has 0 fully saturated rings. The van der Waals surface area contributed by atoms with Crippen LogP contribution in [-0.4, -0.2) is 345 Å². The average Bonchev–Trinajstić information content (AvgIpc) is 0.877. The number of unbranched alkanes of at least 4 members (excludes halogenated alkanes) is 1. The Morgan fingerprint density at radius 1 is 0.400 bits per heavy atom. The van der Waals surface area contributed by atoms with Crippen LogP contribution in [0.15, 0.2) is 35.3 Å². The molecular formula is C67H114N18O27S3. The summed E-state index contributed by atoms with van der Waals surface area (Å²) in [5.41, 5.74) is 16.5. The van der Waals surface area contributed by atoms with Gasteiger partial charge in [0.05, 0.1) is 138 Å². The topological polar surface area (TPSA) is 651 Å². The Labute approximate surface area is 677 Å². The summed E-state index contributed by atoms with van der Waals surface area (Å²) in [5.74, 6) is -7.09. The number of primary amides is 1. The van der Waals surface area contributed by atoms with Crippen LogP contribution in [0.2, 0.25) is 0 Å². The van der Waals surface area contributed by atoms with Crippen molar-refractivity contribution in [1.29, 1.82) is 0 Å². The minimum absolute atomic E-state index is 0.00967. The molecule has 0 spiro atoms. The van der Waals surface area contributed by atoms with E-state index in [-0.39, 0.29) is 155 Å². The van der Waals surface area contributed by atoms with E-state index < -0.39 is 152 Å². The third kappa shape index (κ3) is 60.3. The van der Waals surface area contributed by atoms with Crippen LogP contribution in [0.5, 0.6) is 0 Å². The number of carboxylic acids is 1. The number of nitrogens with one attached hydrogen (secondary N) is 13. The van der Waals surface area contributed by atoms with Gasteiger partial charge in [-0.15, -0.1) is 0 Å². The summed E-state index contributed by atoms with van der Waals surface area (Å²) in [6.45, 7) is 1.32. The number of hydrogen-bond donors (Lipinski definition) is 18. The number of guanidine groups is 1. The number of hydrogen-bond acceptors (Lipinski definition) is 31. The molecule has 1 unspecified atom stereocenters. The highest BCUT2D eigenvalue weighted by atomic mass is 33.1. The van der Waals surface area contributed by atoms with E-state index in [1.165, 1.54) is 11.8 Å². The number of benzene rings is 1. The van der Waals surface area contributed by atoms with E-state index in [0.717, 1.165) is 21.6 Å². The van der Waals surface area contributed by atoms with E-state index in [9.17, 15) is 77.0 Å². The summed E-state index contributed by atoms with van der Waals surface area (Å²) in [6, 6.07) is 2.74. The third-order valence-corrected chi connectivity index (χ3v) is 16.8. The standard InChI is InChI=1S/C67H114N18O27S3/c1-113-45-59(94)81-48(11-6-7-13-72-55(90)42-111-43-57(92)75-17-21-104-25-29-107-31-33-109-34-32-108-30-26-105-22-18-76-58(93)44-112-71)64(100)85-66(115-114-2)65(101)84-47(12-8-14-77-67(69)70)61(97)79-38-54(89)83-50(36-60(95)96)63(99)80-39-53(88)82-49(35-46-9-4-3-5-10-46)62(98)78-37-52(87)73-15-19-102-23-27-106-28-24-103-20-16-74-56(91)41-110-40-51(68)86/h3-5,9-10,47-50,66H,6-8,11-45,71H2,1-2H3,(H2,68,86)(H,72,90)(H,73,87)(H,74,91)(H,75,92)(H,76,93)(H,78,98)(H,79,97)(H,80,99)(H,81,94)(H,82,88)(H,83,89)(H,84,101)(H,85,100)(H,95,96)(H4,69,70,77)/t47-,48-,49-,50-,66?/m0/s1. The number of aliphatic imine (C=N–C) groups is 1. The van der Waals surface area contributed by atoms with Crippen LogP contribution in [0.3, 0.4) is 0 Å². The van der Waals surface area contributed by atoms with Gasteiger partial charge < -0.3 is 139 Å². The molecule has 0 saturated carbocycles. The molecule has 22 N–H and O–H groups in total. The molecule has 0 bridgehead atoms. The van der Waals surface area contributed by atoms with Crippen molar-refractivity contribution in [3.8, 4) is 0 Å². The van der Waals surface area contributed by atoms with Crippen molar-refractivity contribution in [3.63, 3.8) is 0 Å². The predicted octanol–water partition coefficient (Wildman–Crippen LogP) is -8.85. The lowest BCUT2D eigenvalue weighted by Crippen LogP contribution is -2.56. The second-order valence-electron chi connectivity index (χ2n) is 23.8. The van der Waals surface area contributed by atoms with Gasteiger partial charge in [0.15, 0.2) is 11.3 Å². The van der Waals surface area contributed by atoms with Crippen molar-refractivity contribution in [2.75, 3.05) is 216 Å². The summed E-state index contributed by atoms with van der Waals surface area (Å²) in [4.78, 5) is 199. The van der Waals surface area contributed by atoms with E-state index >= 15 is 0 Å². The number of carboxylic acid groups (broad SMARTS) is 1. The Morgan fingerprint density at radius 3 is 1.25 bits per heavy atom. The normalized spacial score (nSPS) is 12.2. The molecule has 0 aliphatic carbocycles. The molecule has 0 aliphatic heterocycles. The highest BCUT2D eigenvalue weighted by Crippen LogP contribution is 2.23. The van der Waals surface area contributed by atoms with Gasteiger partial charge in [0.2, 0.25) is 76.8 Å². The first kappa shape index (κ1) is 104. The molecule has 652 valence electrons. The third-order valence-electron chi connectivity index (χ3n) is 14.3. The number of thioether (sulfide) groups is 1. The molecule has 0 aromatic heterocycles. The van der Waals surface area contributed by atoms with E-state index in [1.807, 2.05) is 0 Å². The Morgan fingerprint density at radius 2 is 0.800 bits per heavy atom. The molecule has 0 aliphatic rings. The van der Waals surface area contributed by atoms with Crippen molar-refractivity contribution in [2.24, 2.45) is 28.1 Å². The van der Waals surface area contributed by atoms with Crippen LogP contribution in [0.1, 0.15) is 44.1 Å². The Bertz CT molecular complexity index is 3070. The first-order valence-corrected chi connectivity index (χ1v) is 40.4. The van der Waals surface area contributed by atoms with Crippen molar-refractivity contribution in [2.45, 2.75) is 74.5 Å². The smallest absolute Gasteiger partial charge is 0.305 e. The molecule has 5 atom stereocenters. The van der Waals surface area contributed by atoms with Crippen LogP contribution in [0.25, 0.3) is 0 Å². The number of nitrogens with two attached hydrogens (primary N) is 4. The van der Waals surface area contributed by atoms with Crippen LogP contribution < -0.4 is 92.2 Å². The van der Waals surface area contributed by atoms with Crippen LogP contribution in [0, 0.1) is 0 Å². The van der Waals surface area contributed by atoms with Crippen LogP contribution in [0.4, 0.5) is 0 Å². The van der Waals surface area contributed by atoms with Gasteiger partial charge in [-0.25, -0.2) is 5.90 Å². The fraction of sp³-hybridized carbons (Fsp3) is 0.672. The lowest BCUT2D eigenvalue weighted by molar-refractivity contribution is -0.141. The maximum atomic E-state index is 14.0. The largest absolute Gasteiger partial charge is 0.481 e. The average molecular weight is 1700 g/mol. The molecule has 1 aromatic rings. The minimum Gasteiger partial charge on any atom is -0.481 e. The summed E-state index contributed by atoms with van der Waals surface area (Å²) < 4.78 is 53.3. The molecular weight excluding hydrogens is 1590 g/mol. The van der Waals surface area contributed by atoms with Gasteiger partial charge >= 0.3 is 5.97 Å². The van der Waals surface area contributed by atoms with Crippen molar-refractivity contribution >= 4 is 128 Å². The highest BCUT2D eigenvalue weighted by Gasteiger charge is 2.32. The van der Waals surface area contributed by atoms with Gasteiger partial charge in [-0.2, -0.15) is 11.8 Å². The number of carbonyl (C=O) groups is 15. The van der Waals surface area contributed by atoms with Crippen molar-refractivity contribution < 1.29 is 129 Å². The molecule has 14 amide bonds. The molecule has 0 saturated heterocycles. The summed E-state index contributed by atoms with van der Waals surface area (Å²) in [6.07, 6.45) is 2.83. The van der Waals surface area contributed by atoms with Gasteiger partial charge in [-0.05, 0) is 50.2 Å². The van der Waals surface area contributed by atoms with E-state index in [2.05, 4.69) is 78.9 Å². The summed E-state index contributed by atoms with van der Waals surface area (Å²) in [7, 11) is 1.97. The lowest BCUT2D eigenvalue weighted by Gasteiger charge is -2.25. The van der Waals surface area contributed by atoms with Crippen molar-refractivity contribution in [1.82, 2.24) is 69.1 Å². The number of carbonyl (C=O) groups excluding carboxylic acids is 14. The Balaban J connectivity index is 2.70. The molecule has 48 heteroatoms. The first-order valence-electron chi connectivity index (χ1n) is 36.4. The molecule has 1 rings (SSSR count). The minimum atomic E-state index is -1.82. The number of amides is 14. The van der Waals surface area contributed by atoms with E-state index in [4.69, 9.17) is 70.5 Å². The quantitative estimate of drug-likeness (QED) is 0.00719. The monoisotopic (exact) mass is 1700 g/mol. The molecule has 115 heavy (non-hydrogen) atoms. The lowest BCUT2D eigenvalue weighted by atomic mass is 10.1. The SMILES string of the molecule is CSCC(=O)N[C@@H](CCCCNC(=O)COCC(=O)NCCOCCOCCOCCOCCOCCNC(=O)CON)C(=O)NC(SSC)C(=O)N[C@@H](CCCN=C(N)N)C(=O)NCC(=O)N[C@@H](CC(=O)O)C(=O)NCC(=O)N[C@@H](Cc1ccccc1)C(=O)NCC(=O)NCCOCCOCCOCCNC(=O)COCC(N)=O. The number of aliphatic carboxylic acids is 1. The molecule has 0 radical (unpaired) electrons. The van der Waals surface area contributed by atoms with Crippen LogP contribution >= 0.6 is 33.3 Å². The highest BCUT2D eigenvalue weighted by molar-refractivity contribution is 8.76.